The minimum atomic E-state index is -0.105. The van der Waals surface area contributed by atoms with E-state index in [4.69, 9.17) is 17.3 Å². The zero-order valence-corrected chi connectivity index (χ0v) is 19.0. The standard InChI is InChI=1S/C24H23N7OS/c1-3-13-28-22(32)20-11-7-8-12-21(20)31-23(28)26-30(24(31)33)17-27(2)15-18-14-25-29(16-18)19-9-5-4-6-10-19/h3-12,14,16H,1,13,15,17H2,2H3. The maximum absolute atomic E-state index is 13.0. The number of nitrogens with zero attached hydrogens (tertiary/aromatic N) is 7. The molecule has 9 heteroatoms. The molecule has 0 radical (unpaired) electrons. The summed E-state index contributed by atoms with van der Waals surface area (Å²) in [7, 11) is 2.00. The van der Waals surface area contributed by atoms with Crippen LogP contribution in [0.2, 0.25) is 0 Å². The van der Waals surface area contributed by atoms with Crippen molar-refractivity contribution in [2.24, 2.45) is 0 Å². The van der Waals surface area contributed by atoms with Gasteiger partial charge in [-0.1, -0.05) is 36.4 Å². The van der Waals surface area contributed by atoms with Crippen LogP contribution < -0.4 is 5.56 Å². The van der Waals surface area contributed by atoms with Crippen molar-refractivity contribution in [2.75, 3.05) is 7.05 Å². The first-order valence-corrected chi connectivity index (χ1v) is 11.0. The van der Waals surface area contributed by atoms with Crippen molar-refractivity contribution in [3.05, 3.63) is 100 Å². The molecule has 0 N–H and O–H groups in total. The Morgan fingerprint density at radius 1 is 1.12 bits per heavy atom. The van der Waals surface area contributed by atoms with Crippen molar-refractivity contribution in [3.63, 3.8) is 0 Å². The maximum Gasteiger partial charge on any atom is 0.263 e. The van der Waals surface area contributed by atoms with Crippen molar-refractivity contribution >= 4 is 28.9 Å². The lowest BCUT2D eigenvalue weighted by molar-refractivity contribution is 0.244. The van der Waals surface area contributed by atoms with Crippen molar-refractivity contribution < 1.29 is 0 Å². The first kappa shape index (κ1) is 21.0. The summed E-state index contributed by atoms with van der Waals surface area (Å²) in [5.41, 5.74) is 2.74. The molecule has 3 aromatic heterocycles. The van der Waals surface area contributed by atoms with Gasteiger partial charge in [0.2, 0.25) is 10.5 Å². The van der Waals surface area contributed by atoms with E-state index in [0.717, 1.165) is 16.8 Å². The van der Waals surface area contributed by atoms with Gasteiger partial charge in [-0.05, 0) is 43.5 Å². The largest absolute Gasteiger partial charge is 0.283 e. The molecule has 3 heterocycles. The second-order valence-corrected chi connectivity index (χ2v) is 8.29. The second kappa shape index (κ2) is 8.61. The molecule has 0 fully saturated rings. The fourth-order valence-corrected chi connectivity index (χ4v) is 4.29. The second-order valence-electron chi connectivity index (χ2n) is 7.92. The molecule has 5 rings (SSSR count). The lowest BCUT2D eigenvalue weighted by Gasteiger charge is -2.14. The van der Waals surface area contributed by atoms with Crippen LogP contribution in [0.5, 0.6) is 0 Å². The fraction of sp³-hybridized carbons (Fsp3) is 0.167. The Hall–Kier alpha value is -3.82. The van der Waals surface area contributed by atoms with Crippen molar-refractivity contribution in [2.45, 2.75) is 19.8 Å². The predicted octanol–water partition coefficient (Wildman–Crippen LogP) is 3.64. The van der Waals surface area contributed by atoms with Crippen LogP contribution in [0, 0.1) is 4.77 Å². The van der Waals surface area contributed by atoms with E-state index in [1.54, 1.807) is 15.3 Å². The third kappa shape index (κ3) is 3.81. The molecule has 0 aliphatic heterocycles. The van der Waals surface area contributed by atoms with Crippen LogP contribution in [0.4, 0.5) is 0 Å². The fourth-order valence-electron chi connectivity index (χ4n) is 4.01. The number of benzene rings is 2. The normalized spacial score (nSPS) is 11.6. The van der Waals surface area contributed by atoms with Crippen LogP contribution >= 0.6 is 12.2 Å². The smallest absolute Gasteiger partial charge is 0.263 e. The van der Waals surface area contributed by atoms with Crippen LogP contribution in [0.25, 0.3) is 22.4 Å². The van der Waals surface area contributed by atoms with Crippen molar-refractivity contribution in [1.29, 1.82) is 0 Å². The van der Waals surface area contributed by atoms with Gasteiger partial charge < -0.3 is 0 Å². The van der Waals surface area contributed by atoms with Crippen LogP contribution in [0.3, 0.4) is 0 Å². The van der Waals surface area contributed by atoms with Crippen LogP contribution in [0.15, 0.2) is 84.4 Å². The van der Waals surface area contributed by atoms with Gasteiger partial charge in [-0.2, -0.15) is 5.10 Å². The lowest BCUT2D eigenvalue weighted by atomic mass is 10.2. The molecule has 33 heavy (non-hydrogen) atoms. The molecule has 2 aromatic carbocycles. The summed E-state index contributed by atoms with van der Waals surface area (Å²) >= 11 is 5.77. The molecular weight excluding hydrogens is 434 g/mol. The van der Waals surface area contributed by atoms with E-state index < -0.39 is 0 Å². The molecule has 0 saturated carbocycles. The molecule has 0 amide bonds. The monoisotopic (exact) mass is 457 g/mol. The number of fused-ring (bicyclic) bond motifs is 3. The van der Waals surface area contributed by atoms with E-state index in [1.165, 1.54) is 0 Å². The van der Waals surface area contributed by atoms with E-state index in [1.807, 2.05) is 83.1 Å². The van der Waals surface area contributed by atoms with E-state index in [2.05, 4.69) is 16.6 Å². The summed E-state index contributed by atoms with van der Waals surface area (Å²) in [6.45, 7) is 5.28. The van der Waals surface area contributed by atoms with Gasteiger partial charge >= 0.3 is 0 Å². The number of hydrogen-bond acceptors (Lipinski definition) is 5. The minimum absolute atomic E-state index is 0.105. The van der Waals surface area contributed by atoms with Crippen molar-refractivity contribution in [1.82, 2.24) is 33.4 Å². The van der Waals surface area contributed by atoms with E-state index in [-0.39, 0.29) is 5.56 Å². The molecule has 0 spiro atoms. The third-order valence-electron chi connectivity index (χ3n) is 5.48. The zero-order chi connectivity index (χ0) is 22.9. The Labute approximate surface area is 195 Å². The van der Waals surface area contributed by atoms with Gasteiger partial charge in [0.25, 0.3) is 5.56 Å². The topological polar surface area (TPSA) is 65.3 Å². The Morgan fingerprint density at radius 2 is 1.88 bits per heavy atom. The summed E-state index contributed by atoms with van der Waals surface area (Å²) in [6, 6.07) is 17.5. The van der Waals surface area contributed by atoms with Gasteiger partial charge in [-0.3, -0.25) is 18.7 Å². The minimum Gasteiger partial charge on any atom is -0.283 e. The molecule has 0 unspecified atom stereocenters. The Morgan fingerprint density at radius 3 is 2.67 bits per heavy atom. The molecule has 8 nitrogen and oxygen atoms in total. The van der Waals surface area contributed by atoms with Gasteiger partial charge in [0.1, 0.15) is 0 Å². The average Bonchev–Trinajstić information content (AvgIpc) is 3.42. The number of aromatic nitrogens is 6. The molecule has 0 saturated heterocycles. The van der Waals surface area contributed by atoms with Gasteiger partial charge in [-0.15, -0.1) is 11.7 Å². The van der Waals surface area contributed by atoms with Gasteiger partial charge in [0.05, 0.1) is 29.5 Å². The summed E-state index contributed by atoms with van der Waals surface area (Å²) in [6.07, 6.45) is 5.57. The molecule has 0 bridgehead atoms. The number of hydrogen-bond donors (Lipinski definition) is 0. The summed E-state index contributed by atoms with van der Waals surface area (Å²) in [4.78, 5) is 15.1. The third-order valence-corrected chi connectivity index (χ3v) is 5.87. The number of rotatable bonds is 7. The van der Waals surface area contributed by atoms with Crippen molar-refractivity contribution in [3.8, 4) is 5.69 Å². The quantitative estimate of drug-likeness (QED) is 0.276. The first-order valence-electron chi connectivity index (χ1n) is 10.6. The van der Waals surface area contributed by atoms with Crippen LogP contribution in [-0.4, -0.2) is 40.5 Å². The van der Waals surface area contributed by atoms with Crippen LogP contribution in [-0.2, 0) is 19.8 Å². The van der Waals surface area contributed by atoms with Crippen LogP contribution in [0.1, 0.15) is 5.56 Å². The summed E-state index contributed by atoms with van der Waals surface area (Å²) in [5, 5.41) is 9.78. The summed E-state index contributed by atoms with van der Waals surface area (Å²) in [5.74, 6) is 0.508. The Kier molecular flexibility index (Phi) is 5.49. The predicted molar refractivity (Wildman–Crippen MR) is 131 cm³/mol. The van der Waals surface area contributed by atoms with Gasteiger partial charge in [-0.25, -0.2) is 9.36 Å². The highest BCUT2D eigenvalue weighted by Crippen LogP contribution is 2.15. The highest BCUT2D eigenvalue weighted by atomic mass is 32.1. The molecular formula is C24H23N7OS. The average molecular weight is 458 g/mol. The Balaban J connectivity index is 1.48. The lowest BCUT2D eigenvalue weighted by Crippen LogP contribution is -2.23. The van der Waals surface area contributed by atoms with E-state index in [9.17, 15) is 4.79 Å². The number of para-hydroxylation sites is 2. The highest BCUT2D eigenvalue weighted by molar-refractivity contribution is 7.71. The zero-order valence-electron chi connectivity index (χ0n) is 18.2. The SMILES string of the molecule is C=CCn1c(=O)c2ccccc2n2c(=S)n(CN(C)Cc3cnn(-c4ccccc4)c3)nc12. The van der Waals surface area contributed by atoms with Gasteiger partial charge in [0, 0.05) is 24.8 Å². The molecule has 5 aromatic rings. The maximum atomic E-state index is 13.0. The first-order chi connectivity index (χ1) is 16.1. The molecule has 166 valence electrons. The Bertz CT molecular complexity index is 1580. The van der Waals surface area contributed by atoms with Gasteiger partial charge in [0.15, 0.2) is 0 Å². The molecule has 0 aliphatic carbocycles. The summed E-state index contributed by atoms with van der Waals surface area (Å²) < 4.78 is 7.60. The number of allylic oxidation sites excluding steroid dienone is 1. The van der Waals surface area contributed by atoms with E-state index in [0.29, 0.717) is 35.7 Å². The molecule has 0 aliphatic rings. The highest BCUT2D eigenvalue weighted by Gasteiger charge is 2.16. The molecule has 0 atom stereocenters. The van der Waals surface area contributed by atoms with E-state index >= 15 is 0 Å².